The smallest absolute Gasteiger partial charge is 0.324 e. The summed E-state index contributed by atoms with van der Waals surface area (Å²) in [6.07, 6.45) is 0. The summed E-state index contributed by atoms with van der Waals surface area (Å²) in [4.78, 5) is 33.2. The summed E-state index contributed by atoms with van der Waals surface area (Å²) >= 11 is 0. The van der Waals surface area contributed by atoms with Gasteiger partial charge in [-0.3, -0.25) is 19.9 Å². The Kier molecular flexibility index (Phi) is 4.89. The molecule has 1 aliphatic rings. The van der Waals surface area contributed by atoms with Crippen molar-refractivity contribution in [1.82, 2.24) is 25.7 Å². The molecule has 8 nitrogen and oxygen atoms in total. The number of fused-ring (bicyclic) bond motifs is 1. The van der Waals surface area contributed by atoms with Gasteiger partial charge in [-0.2, -0.15) is 0 Å². The Morgan fingerprint density at radius 1 is 1.42 bits per heavy atom. The number of benzene rings is 1. The maximum atomic E-state index is 12.1. The lowest BCUT2D eigenvalue weighted by molar-refractivity contribution is -0.143. The van der Waals surface area contributed by atoms with Gasteiger partial charge in [0.25, 0.3) is 5.56 Å². The van der Waals surface area contributed by atoms with Gasteiger partial charge in [0, 0.05) is 19.0 Å². The van der Waals surface area contributed by atoms with Gasteiger partial charge in [0.05, 0.1) is 24.6 Å². The number of aromatic amines is 1. The van der Waals surface area contributed by atoms with Crippen molar-refractivity contribution in [3.05, 3.63) is 40.4 Å². The van der Waals surface area contributed by atoms with Gasteiger partial charge in [0.15, 0.2) is 0 Å². The highest BCUT2D eigenvalue weighted by Crippen LogP contribution is 2.12. The van der Waals surface area contributed by atoms with Crippen LogP contribution in [0.5, 0.6) is 0 Å². The number of ether oxygens (including phenoxy) is 1. The first-order valence-electron chi connectivity index (χ1n) is 7.81. The summed E-state index contributed by atoms with van der Waals surface area (Å²) in [7, 11) is 3.31. The lowest BCUT2D eigenvalue weighted by Crippen LogP contribution is -2.42. The maximum absolute atomic E-state index is 12.1. The van der Waals surface area contributed by atoms with Crippen LogP contribution in [0, 0.1) is 5.92 Å². The molecular weight excluding hydrogens is 310 g/mol. The second-order valence-electron chi connectivity index (χ2n) is 6.01. The van der Waals surface area contributed by atoms with Gasteiger partial charge in [-0.15, -0.1) is 0 Å². The van der Waals surface area contributed by atoms with Crippen molar-refractivity contribution in [2.45, 2.75) is 12.6 Å². The molecule has 1 saturated heterocycles. The number of hydrazine groups is 1. The molecular formula is C16H21N5O3. The minimum atomic E-state index is -0.374. The summed E-state index contributed by atoms with van der Waals surface area (Å²) in [5.41, 5.74) is 6.47. The molecule has 2 aromatic rings. The molecule has 3 rings (SSSR count). The van der Waals surface area contributed by atoms with Gasteiger partial charge < -0.3 is 9.72 Å². The van der Waals surface area contributed by atoms with E-state index in [1.54, 1.807) is 6.07 Å². The van der Waals surface area contributed by atoms with Crippen LogP contribution in [-0.4, -0.2) is 54.1 Å². The molecule has 2 heterocycles. The van der Waals surface area contributed by atoms with Crippen LogP contribution in [0.3, 0.4) is 0 Å². The van der Waals surface area contributed by atoms with E-state index >= 15 is 0 Å². The van der Waals surface area contributed by atoms with E-state index in [-0.39, 0.29) is 23.5 Å². The van der Waals surface area contributed by atoms with E-state index in [4.69, 9.17) is 4.74 Å². The number of carbonyl (C=O) groups excluding carboxylic acids is 1. The zero-order chi connectivity index (χ0) is 17.1. The Labute approximate surface area is 139 Å². The summed E-state index contributed by atoms with van der Waals surface area (Å²) in [5.74, 6) is 0.403. The maximum Gasteiger partial charge on any atom is 0.324 e. The predicted molar refractivity (Wildman–Crippen MR) is 89.1 cm³/mol. The molecule has 0 aliphatic carbocycles. The lowest BCUT2D eigenvalue weighted by atomic mass is 10.0. The third-order valence-corrected chi connectivity index (χ3v) is 4.18. The fourth-order valence-corrected chi connectivity index (χ4v) is 3.01. The van der Waals surface area contributed by atoms with E-state index in [1.165, 1.54) is 7.11 Å². The van der Waals surface area contributed by atoms with Gasteiger partial charge in [0.2, 0.25) is 0 Å². The first-order chi connectivity index (χ1) is 11.6. The van der Waals surface area contributed by atoms with Crippen LogP contribution in [0.25, 0.3) is 10.9 Å². The fraction of sp³-hybridized carbons (Fsp3) is 0.438. The van der Waals surface area contributed by atoms with Crippen molar-refractivity contribution >= 4 is 16.9 Å². The number of methoxy groups -OCH3 is 1. The average Bonchev–Trinajstić information content (AvgIpc) is 3.02. The van der Waals surface area contributed by atoms with E-state index in [0.29, 0.717) is 36.4 Å². The summed E-state index contributed by atoms with van der Waals surface area (Å²) in [5, 5.41) is 0.582. The van der Waals surface area contributed by atoms with Crippen molar-refractivity contribution in [1.29, 1.82) is 0 Å². The zero-order valence-corrected chi connectivity index (χ0v) is 13.7. The Hall–Kier alpha value is -2.29. The minimum absolute atomic E-state index is 0.0784. The quantitative estimate of drug-likeness (QED) is 0.642. The first kappa shape index (κ1) is 16.6. The molecule has 0 spiro atoms. The molecule has 0 amide bonds. The monoisotopic (exact) mass is 331 g/mol. The highest BCUT2D eigenvalue weighted by Gasteiger charge is 2.34. The number of nitrogens with one attached hydrogen (secondary N) is 3. The molecule has 0 radical (unpaired) electrons. The van der Waals surface area contributed by atoms with Gasteiger partial charge in [0.1, 0.15) is 11.9 Å². The van der Waals surface area contributed by atoms with Gasteiger partial charge in [-0.1, -0.05) is 12.1 Å². The SMILES string of the molecule is COC(=O)C1NNCC1CN(C)Cc1nc2ccccc2c(=O)[nH]1. The van der Waals surface area contributed by atoms with Gasteiger partial charge in [-0.05, 0) is 19.2 Å². The Balaban J connectivity index is 1.70. The number of hydrogen-bond acceptors (Lipinski definition) is 7. The number of hydrogen-bond donors (Lipinski definition) is 3. The first-order valence-corrected chi connectivity index (χ1v) is 7.81. The molecule has 3 N–H and O–H groups in total. The molecule has 1 aromatic heterocycles. The standard InChI is InChI=1S/C16H21N5O3/c1-21(8-10-7-17-20-14(10)16(23)24-2)9-13-18-12-6-4-3-5-11(12)15(22)19-13/h3-6,10,14,17,20H,7-9H2,1-2H3,(H,18,19,22). The van der Waals surface area contributed by atoms with Crippen LogP contribution in [0.15, 0.2) is 29.1 Å². The number of nitrogens with zero attached hydrogens (tertiary/aromatic N) is 2. The normalized spacial score (nSPS) is 20.6. The molecule has 2 atom stereocenters. The lowest BCUT2D eigenvalue weighted by Gasteiger charge is -2.22. The van der Waals surface area contributed by atoms with Crippen molar-refractivity contribution in [3.63, 3.8) is 0 Å². The number of para-hydroxylation sites is 1. The van der Waals surface area contributed by atoms with Crippen LogP contribution in [0.1, 0.15) is 5.82 Å². The minimum Gasteiger partial charge on any atom is -0.468 e. The van der Waals surface area contributed by atoms with Crippen molar-refractivity contribution in [3.8, 4) is 0 Å². The van der Waals surface area contributed by atoms with Crippen molar-refractivity contribution in [2.75, 3.05) is 27.2 Å². The largest absolute Gasteiger partial charge is 0.468 e. The van der Waals surface area contributed by atoms with E-state index in [2.05, 4.69) is 20.8 Å². The molecule has 1 aromatic carbocycles. The van der Waals surface area contributed by atoms with Crippen LogP contribution in [0.4, 0.5) is 0 Å². The van der Waals surface area contributed by atoms with Crippen molar-refractivity contribution < 1.29 is 9.53 Å². The number of rotatable bonds is 5. The second kappa shape index (κ2) is 7.08. The van der Waals surface area contributed by atoms with Gasteiger partial charge >= 0.3 is 5.97 Å². The predicted octanol–water partition coefficient (Wildman–Crippen LogP) is -0.379. The van der Waals surface area contributed by atoms with Crippen LogP contribution in [0.2, 0.25) is 0 Å². The highest BCUT2D eigenvalue weighted by molar-refractivity contribution is 5.77. The highest BCUT2D eigenvalue weighted by atomic mass is 16.5. The average molecular weight is 331 g/mol. The molecule has 2 unspecified atom stereocenters. The molecule has 1 aliphatic heterocycles. The van der Waals surface area contributed by atoms with E-state index < -0.39 is 0 Å². The molecule has 0 saturated carbocycles. The van der Waals surface area contributed by atoms with Crippen molar-refractivity contribution in [2.24, 2.45) is 5.92 Å². The molecule has 8 heteroatoms. The Morgan fingerprint density at radius 2 is 2.21 bits per heavy atom. The van der Waals surface area contributed by atoms with Crippen LogP contribution < -0.4 is 16.4 Å². The Morgan fingerprint density at radius 3 is 3.00 bits per heavy atom. The number of carbonyl (C=O) groups is 1. The van der Waals surface area contributed by atoms with Crippen LogP contribution in [-0.2, 0) is 16.1 Å². The fourth-order valence-electron chi connectivity index (χ4n) is 3.01. The molecule has 0 bridgehead atoms. The summed E-state index contributed by atoms with van der Waals surface area (Å²) in [6, 6.07) is 6.88. The van der Waals surface area contributed by atoms with Gasteiger partial charge in [-0.25, -0.2) is 10.4 Å². The van der Waals surface area contributed by atoms with E-state index in [9.17, 15) is 9.59 Å². The Bertz CT molecular complexity index is 791. The van der Waals surface area contributed by atoms with Crippen LogP contribution >= 0.6 is 0 Å². The summed E-state index contributed by atoms with van der Waals surface area (Å²) in [6.45, 7) is 1.83. The third-order valence-electron chi connectivity index (χ3n) is 4.18. The number of aromatic nitrogens is 2. The third kappa shape index (κ3) is 3.45. The summed E-state index contributed by atoms with van der Waals surface area (Å²) < 4.78 is 4.81. The second-order valence-corrected chi connectivity index (χ2v) is 6.01. The molecule has 1 fully saturated rings. The van der Waals surface area contributed by atoms with E-state index in [0.717, 1.165) is 0 Å². The number of H-pyrrole nitrogens is 1. The zero-order valence-electron chi connectivity index (χ0n) is 13.7. The topological polar surface area (TPSA) is 99.3 Å². The molecule has 128 valence electrons. The number of esters is 1. The van der Waals surface area contributed by atoms with E-state index in [1.807, 2.05) is 30.1 Å². The molecule has 24 heavy (non-hydrogen) atoms.